The Hall–Kier alpha value is -0.820. The quantitative estimate of drug-likeness (QED) is 0.792. The van der Waals surface area contributed by atoms with Crippen molar-refractivity contribution in [2.45, 2.75) is 51.0 Å². The second-order valence-electron chi connectivity index (χ2n) is 4.65. The first kappa shape index (κ1) is 10.7. The lowest BCUT2D eigenvalue weighted by Gasteiger charge is -2.29. The molecule has 15 heavy (non-hydrogen) atoms. The highest BCUT2D eigenvalue weighted by Crippen LogP contribution is 2.39. The van der Waals surface area contributed by atoms with Crippen LogP contribution in [0.1, 0.15) is 62.1 Å². The summed E-state index contributed by atoms with van der Waals surface area (Å²) in [5, 5.41) is 0. The van der Waals surface area contributed by atoms with Crippen LogP contribution in [-0.2, 0) is 0 Å². The Labute approximate surface area is 92.7 Å². The van der Waals surface area contributed by atoms with E-state index < -0.39 is 0 Å². The molecule has 0 amide bonds. The highest BCUT2D eigenvalue weighted by Gasteiger charge is 2.23. The molecule has 0 radical (unpaired) electrons. The van der Waals surface area contributed by atoms with Crippen molar-refractivity contribution in [1.29, 1.82) is 0 Å². The standard InChI is InChI=1S/C14H21N/c1-2-6-14(15)13-10-4-3-9-12(13)11-7-5-8-11/h3-4,9-11,14H,2,5-8,15H2,1H3. The van der Waals surface area contributed by atoms with E-state index in [1.807, 2.05) is 0 Å². The van der Waals surface area contributed by atoms with E-state index in [9.17, 15) is 0 Å². The molecule has 1 nitrogen and oxygen atoms in total. The second-order valence-corrected chi connectivity index (χ2v) is 4.65. The molecule has 1 fully saturated rings. The maximum Gasteiger partial charge on any atom is 0.0297 e. The molecule has 1 aliphatic carbocycles. The van der Waals surface area contributed by atoms with Gasteiger partial charge in [0.2, 0.25) is 0 Å². The molecule has 2 N–H and O–H groups in total. The summed E-state index contributed by atoms with van der Waals surface area (Å²) in [6, 6.07) is 9.00. The molecular formula is C14H21N. The van der Waals surface area contributed by atoms with Gasteiger partial charge in [0.25, 0.3) is 0 Å². The van der Waals surface area contributed by atoms with Crippen molar-refractivity contribution in [2.24, 2.45) is 5.73 Å². The zero-order valence-electron chi connectivity index (χ0n) is 9.58. The third-order valence-electron chi connectivity index (χ3n) is 3.54. The summed E-state index contributed by atoms with van der Waals surface area (Å²) in [5.41, 5.74) is 9.13. The normalized spacial score (nSPS) is 18.5. The molecule has 0 spiro atoms. The molecular weight excluding hydrogens is 182 g/mol. The number of benzene rings is 1. The Morgan fingerprint density at radius 3 is 2.67 bits per heavy atom. The monoisotopic (exact) mass is 203 g/mol. The minimum Gasteiger partial charge on any atom is -0.324 e. The van der Waals surface area contributed by atoms with Gasteiger partial charge in [-0.15, -0.1) is 0 Å². The van der Waals surface area contributed by atoms with Gasteiger partial charge < -0.3 is 5.73 Å². The maximum absolute atomic E-state index is 6.22. The van der Waals surface area contributed by atoms with E-state index in [1.165, 1.54) is 36.8 Å². The fraction of sp³-hybridized carbons (Fsp3) is 0.571. The van der Waals surface area contributed by atoms with E-state index >= 15 is 0 Å². The smallest absolute Gasteiger partial charge is 0.0297 e. The van der Waals surface area contributed by atoms with Gasteiger partial charge in [-0.25, -0.2) is 0 Å². The van der Waals surface area contributed by atoms with E-state index in [2.05, 4.69) is 31.2 Å². The molecule has 1 saturated carbocycles. The van der Waals surface area contributed by atoms with Crippen molar-refractivity contribution >= 4 is 0 Å². The van der Waals surface area contributed by atoms with Gasteiger partial charge in [0.05, 0.1) is 0 Å². The minimum atomic E-state index is 0.242. The van der Waals surface area contributed by atoms with Crippen molar-refractivity contribution in [3.63, 3.8) is 0 Å². The molecule has 0 aliphatic heterocycles. The molecule has 0 saturated heterocycles. The summed E-state index contributed by atoms with van der Waals surface area (Å²) >= 11 is 0. The third-order valence-corrected chi connectivity index (χ3v) is 3.54. The molecule has 1 unspecified atom stereocenters. The summed E-state index contributed by atoms with van der Waals surface area (Å²) in [5.74, 6) is 0.795. The molecule has 1 aliphatic rings. The summed E-state index contributed by atoms with van der Waals surface area (Å²) in [6.45, 7) is 2.20. The van der Waals surface area contributed by atoms with Gasteiger partial charge in [0, 0.05) is 6.04 Å². The molecule has 2 rings (SSSR count). The van der Waals surface area contributed by atoms with E-state index in [-0.39, 0.29) is 6.04 Å². The van der Waals surface area contributed by atoms with Crippen LogP contribution in [0.5, 0.6) is 0 Å². The van der Waals surface area contributed by atoms with Gasteiger partial charge in [0.15, 0.2) is 0 Å². The molecule has 0 aromatic heterocycles. The maximum atomic E-state index is 6.22. The zero-order chi connectivity index (χ0) is 10.7. The van der Waals surface area contributed by atoms with Crippen LogP contribution in [0, 0.1) is 0 Å². The Morgan fingerprint density at radius 2 is 2.07 bits per heavy atom. The number of rotatable bonds is 4. The summed E-state index contributed by atoms with van der Waals surface area (Å²) in [4.78, 5) is 0. The SMILES string of the molecule is CCCC(N)c1ccccc1C1CCC1. The van der Waals surface area contributed by atoms with Gasteiger partial charge in [-0.1, -0.05) is 44.0 Å². The Morgan fingerprint density at radius 1 is 1.33 bits per heavy atom. The Bertz CT molecular complexity index is 315. The predicted octanol–water partition coefficient (Wildman–Crippen LogP) is 3.75. The summed E-state index contributed by atoms with van der Waals surface area (Å²) < 4.78 is 0. The number of hydrogen-bond donors (Lipinski definition) is 1. The van der Waals surface area contributed by atoms with Gasteiger partial charge >= 0.3 is 0 Å². The van der Waals surface area contributed by atoms with Crippen LogP contribution in [0.15, 0.2) is 24.3 Å². The van der Waals surface area contributed by atoms with Gasteiger partial charge in [-0.3, -0.25) is 0 Å². The van der Waals surface area contributed by atoms with Crippen molar-refractivity contribution < 1.29 is 0 Å². The lowest BCUT2D eigenvalue weighted by Crippen LogP contribution is -2.17. The molecule has 0 heterocycles. The first-order chi connectivity index (χ1) is 7.33. The van der Waals surface area contributed by atoms with Crippen molar-refractivity contribution in [3.05, 3.63) is 35.4 Å². The molecule has 1 aromatic rings. The fourth-order valence-corrected chi connectivity index (χ4v) is 2.41. The van der Waals surface area contributed by atoms with E-state index in [0.717, 1.165) is 12.3 Å². The van der Waals surface area contributed by atoms with Gasteiger partial charge in [-0.05, 0) is 36.3 Å². The lowest BCUT2D eigenvalue weighted by molar-refractivity contribution is 0.414. The van der Waals surface area contributed by atoms with E-state index in [1.54, 1.807) is 0 Å². The molecule has 1 atom stereocenters. The van der Waals surface area contributed by atoms with Crippen LogP contribution in [0.2, 0.25) is 0 Å². The van der Waals surface area contributed by atoms with Crippen LogP contribution in [0.3, 0.4) is 0 Å². The number of hydrogen-bond acceptors (Lipinski definition) is 1. The van der Waals surface area contributed by atoms with Crippen LogP contribution >= 0.6 is 0 Å². The van der Waals surface area contributed by atoms with Crippen LogP contribution < -0.4 is 5.73 Å². The zero-order valence-corrected chi connectivity index (χ0v) is 9.58. The third kappa shape index (κ3) is 2.23. The first-order valence-electron chi connectivity index (χ1n) is 6.17. The Kier molecular flexibility index (Phi) is 3.42. The van der Waals surface area contributed by atoms with Crippen LogP contribution in [-0.4, -0.2) is 0 Å². The highest BCUT2D eigenvalue weighted by molar-refractivity contribution is 5.33. The second kappa shape index (κ2) is 4.80. The largest absolute Gasteiger partial charge is 0.324 e. The van der Waals surface area contributed by atoms with Crippen molar-refractivity contribution in [1.82, 2.24) is 0 Å². The average Bonchev–Trinajstić information content (AvgIpc) is 2.16. The summed E-state index contributed by atoms with van der Waals surface area (Å²) in [6.07, 6.45) is 6.37. The van der Waals surface area contributed by atoms with Crippen LogP contribution in [0.25, 0.3) is 0 Å². The van der Waals surface area contributed by atoms with Gasteiger partial charge in [0.1, 0.15) is 0 Å². The van der Waals surface area contributed by atoms with Crippen LogP contribution in [0.4, 0.5) is 0 Å². The summed E-state index contributed by atoms with van der Waals surface area (Å²) in [7, 11) is 0. The Balaban J connectivity index is 2.20. The van der Waals surface area contributed by atoms with E-state index in [4.69, 9.17) is 5.73 Å². The lowest BCUT2D eigenvalue weighted by atomic mass is 9.77. The fourth-order valence-electron chi connectivity index (χ4n) is 2.41. The molecule has 1 heteroatoms. The minimum absolute atomic E-state index is 0.242. The first-order valence-corrected chi connectivity index (χ1v) is 6.17. The topological polar surface area (TPSA) is 26.0 Å². The van der Waals surface area contributed by atoms with Crippen molar-refractivity contribution in [3.8, 4) is 0 Å². The molecule has 82 valence electrons. The average molecular weight is 203 g/mol. The van der Waals surface area contributed by atoms with Gasteiger partial charge in [-0.2, -0.15) is 0 Å². The van der Waals surface area contributed by atoms with Crippen molar-refractivity contribution in [2.75, 3.05) is 0 Å². The number of nitrogens with two attached hydrogens (primary N) is 1. The highest BCUT2D eigenvalue weighted by atomic mass is 14.6. The molecule has 1 aromatic carbocycles. The molecule has 0 bridgehead atoms. The predicted molar refractivity (Wildman–Crippen MR) is 64.9 cm³/mol. The van der Waals surface area contributed by atoms with E-state index in [0.29, 0.717) is 0 Å².